The highest BCUT2D eigenvalue weighted by atomic mass is 32.2. The third kappa shape index (κ3) is 7.23. The van der Waals surface area contributed by atoms with E-state index < -0.39 is 54.9 Å². The van der Waals surface area contributed by atoms with Crippen LogP contribution >= 0.6 is 31.3 Å². The number of rotatable bonds is 16. The first-order valence-corrected chi connectivity index (χ1v) is 17.2. The molecule has 1 aliphatic carbocycles. The Morgan fingerprint density at radius 1 is 1.11 bits per heavy atom. The maximum absolute atomic E-state index is 14.0. The van der Waals surface area contributed by atoms with Gasteiger partial charge in [-0.1, -0.05) is 23.5 Å². The second kappa shape index (κ2) is 13.4. The Kier molecular flexibility index (Phi) is 10.7. The number of ether oxygens (including phenoxy) is 1. The Balaban J connectivity index is 1.43. The molecule has 0 amide bonds. The van der Waals surface area contributed by atoms with Crippen molar-refractivity contribution in [3.8, 4) is 0 Å². The molecule has 2 aliphatic rings. The molecular formula is C25H37FN5O11PS2. The lowest BCUT2D eigenvalue weighted by molar-refractivity contribution is -0.153. The fourth-order valence-corrected chi connectivity index (χ4v) is 7.56. The van der Waals surface area contributed by atoms with Gasteiger partial charge in [-0.15, -0.1) is 0 Å². The Bertz CT molecular complexity index is 1440. The number of hydrogen-bond donors (Lipinski definition) is 5. The molecule has 16 nitrogen and oxygen atoms in total. The molecule has 1 aliphatic heterocycles. The number of thioether (sulfide) groups is 2. The molecule has 2 fully saturated rings. The van der Waals surface area contributed by atoms with E-state index in [9.17, 15) is 39.0 Å². The molecule has 0 radical (unpaired) electrons. The second-order valence-corrected chi connectivity index (χ2v) is 15.7. The first kappa shape index (κ1) is 36.1. The van der Waals surface area contributed by atoms with E-state index in [-0.39, 0.29) is 71.6 Å². The minimum atomic E-state index is -4.40. The van der Waals surface area contributed by atoms with Gasteiger partial charge in [0.2, 0.25) is 0 Å². The van der Waals surface area contributed by atoms with Crippen molar-refractivity contribution in [2.75, 3.05) is 50.3 Å². The molecule has 252 valence electrons. The predicted molar refractivity (Wildman–Crippen MR) is 160 cm³/mol. The summed E-state index contributed by atoms with van der Waals surface area (Å²) < 4.78 is 50.8. The molecule has 4 rings (SSSR count). The topological polar surface area (TPSA) is 239 Å². The summed E-state index contributed by atoms with van der Waals surface area (Å²) in [5.41, 5.74) is 2.18. The number of carbonyl (C=O) groups excluding carboxylic acids is 2. The average molecular weight is 698 g/mol. The van der Waals surface area contributed by atoms with Gasteiger partial charge in [0.05, 0.1) is 50.2 Å². The molecule has 45 heavy (non-hydrogen) atoms. The molecule has 2 aromatic rings. The van der Waals surface area contributed by atoms with Crippen LogP contribution in [0.1, 0.15) is 34.1 Å². The van der Waals surface area contributed by atoms with Crippen molar-refractivity contribution < 1.29 is 57.3 Å². The third-order valence-electron chi connectivity index (χ3n) is 7.50. The van der Waals surface area contributed by atoms with Crippen molar-refractivity contribution in [1.82, 2.24) is 19.5 Å². The van der Waals surface area contributed by atoms with Crippen LogP contribution in [0.4, 0.5) is 10.2 Å². The van der Waals surface area contributed by atoms with Crippen molar-refractivity contribution in [3.05, 3.63) is 12.4 Å². The van der Waals surface area contributed by atoms with Gasteiger partial charge in [0.15, 0.2) is 27.5 Å². The first-order valence-electron chi connectivity index (χ1n) is 13.8. The molecule has 4 unspecified atom stereocenters. The number of nitrogens with zero attached hydrogens (tertiary/aromatic N) is 4. The number of nitrogens with two attached hydrogens (primary N) is 1. The van der Waals surface area contributed by atoms with Crippen LogP contribution in [-0.4, -0.2) is 113 Å². The summed E-state index contributed by atoms with van der Waals surface area (Å²) in [6.45, 7) is 4.42. The van der Waals surface area contributed by atoms with Gasteiger partial charge in [0.25, 0.3) is 0 Å². The standard InChI is InChI=1S/C25H37FN5O11PS2/c1-22(2,11-32)19(35)44-7-5-39-43(38,40-6-8-45-20(36)23(3,4)12-33)41-9-14-16(34)24(10-25(24,37)42-14)31-13-28-15-17(27)29-21(26)30-18(15)31/h13-14,16,32-34,37H,5-12H2,1-4H3,(H2,27,29,30). The van der Waals surface area contributed by atoms with E-state index in [4.69, 9.17) is 24.0 Å². The summed E-state index contributed by atoms with van der Waals surface area (Å²) in [7, 11) is -4.40. The van der Waals surface area contributed by atoms with Crippen molar-refractivity contribution in [1.29, 1.82) is 0 Å². The molecule has 0 aromatic carbocycles. The van der Waals surface area contributed by atoms with Crippen LogP contribution in [0, 0.1) is 16.9 Å². The highest BCUT2D eigenvalue weighted by Gasteiger charge is 2.81. The monoisotopic (exact) mass is 697 g/mol. The van der Waals surface area contributed by atoms with E-state index in [1.807, 2.05) is 0 Å². The lowest BCUT2D eigenvalue weighted by Gasteiger charge is -2.25. The average Bonchev–Trinajstić information content (AvgIpc) is 3.26. The third-order valence-corrected chi connectivity index (χ3v) is 11.3. The van der Waals surface area contributed by atoms with Gasteiger partial charge in [-0.3, -0.25) is 23.2 Å². The van der Waals surface area contributed by atoms with Crippen LogP contribution in [0.25, 0.3) is 11.2 Å². The number of aromatic nitrogens is 4. The predicted octanol–water partition coefficient (Wildman–Crippen LogP) is 0.809. The molecule has 0 bridgehead atoms. The van der Waals surface area contributed by atoms with E-state index >= 15 is 0 Å². The number of halogens is 1. The number of aliphatic hydroxyl groups is 4. The smallest absolute Gasteiger partial charge is 0.395 e. The number of aliphatic hydroxyl groups excluding tert-OH is 3. The maximum Gasteiger partial charge on any atom is 0.474 e. The van der Waals surface area contributed by atoms with Crippen molar-refractivity contribution >= 4 is 58.6 Å². The molecule has 1 saturated carbocycles. The number of fused-ring (bicyclic) bond motifs is 2. The van der Waals surface area contributed by atoms with E-state index in [2.05, 4.69) is 15.0 Å². The van der Waals surface area contributed by atoms with Crippen molar-refractivity contribution in [3.63, 3.8) is 0 Å². The summed E-state index contributed by atoms with van der Waals surface area (Å²) in [4.78, 5) is 35.8. The van der Waals surface area contributed by atoms with Crippen LogP contribution in [0.15, 0.2) is 6.33 Å². The minimum absolute atomic E-state index is 0.0393. The zero-order valence-electron chi connectivity index (χ0n) is 25.0. The molecule has 20 heteroatoms. The number of phosphoric ester groups is 1. The summed E-state index contributed by atoms with van der Waals surface area (Å²) in [5, 5.41) is 40.5. The lowest BCUT2D eigenvalue weighted by Crippen LogP contribution is -2.40. The molecule has 3 heterocycles. The van der Waals surface area contributed by atoms with E-state index in [0.717, 1.165) is 23.5 Å². The highest BCUT2D eigenvalue weighted by Crippen LogP contribution is 2.64. The quantitative estimate of drug-likeness (QED) is 0.0926. The Labute approximate surface area is 266 Å². The normalized spacial score (nSPS) is 25.1. The Morgan fingerprint density at radius 3 is 2.20 bits per heavy atom. The number of phosphoric acid groups is 1. The summed E-state index contributed by atoms with van der Waals surface area (Å²) in [5.74, 6) is -2.09. The Hall–Kier alpha value is -1.77. The van der Waals surface area contributed by atoms with Crippen molar-refractivity contribution in [2.24, 2.45) is 10.8 Å². The van der Waals surface area contributed by atoms with Gasteiger partial charge in [-0.2, -0.15) is 14.4 Å². The number of nitrogen functional groups attached to an aromatic ring is 1. The van der Waals surface area contributed by atoms with E-state index in [1.54, 1.807) is 27.7 Å². The van der Waals surface area contributed by atoms with Gasteiger partial charge >= 0.3 is 13.9 Å². The Morgan fingerprint density at radius 2 is 1.67 bits per heavy atom. The fourth-order valence-electron chi connectivity index (χ4n) is 4.51. The minimum Gasteiger partial charge on any atom is -0.395 e. The van der Waals surface area contributed by atoms with Crippen LogP contribution in [-0.2, 0) is 38.0 Å². The van der Waals surface area contributed by atoms with Gasteiger partial charge in [0.1, 0.15) is 23.3 Å². The molecule has 6 N–H and O–H groups in total. The van der Waals surface area contributed by atoms with Crippen LogP contribution in [0.2, 0.25) is 0 Å². The number of carbonyl (C=O) groups is 2. The van der Waals surface area contributed by atoms with Crippen LogP contribution in [0.3, 0.4) is 0 Å². The highest BCUT2D eigenvalue weighted by molar-refractivity contribution is 8.14. The molecule has 4 atom stereocenters. The number of imidazole rings is 1. The van der Waals surface area contributed by atoms with Crippen LogP contribution < -0.4 is 5.73 Å². The summed E-state index contributed by atoms with van der Waals surface area (Å²) in [6, 6.07) is 0. The maximum atomic E-state index is 14.0. The fraction of sp³-hybridized carbons (Fsp3) is 0.720. The molecule has 1 saturated heterocycles. The molecule has 0 spiro atoms. The van der Waals surface area contributed by atoms with Gasteiger partial charge in [-0.25, -0.2) is 9.55 Å². The second-order valence-electron chi connectivity index (χ2n) is 11.9. The zero-order valence-corrected chi connectivity index (χ0v) is 27.6. The van der Waals surface area contributed by atoms with Gasteiger partial charge < -0.3 is 35.5 Å². The number of anilines is 1. The van der Waals surface area contributed by atoms with Crippen LogP contribution in [0.5, 0.6) is 0 Å². The largest absolute Gasteiger partial charge is 0.474 e. The van der Waals surface area contributed by atoms with E-state index in [1.165, 1.54) is 10.9 Å². The van der Waals surface area contributed by atoms with Gasteiger partial charge in [0, 0.05) is 17.9 Å². The zero-order chi connectivity index (χ0) is 33.4. The van der Waals surface area contributed by atoms with Crippen molar-refractivity contribution in [2.45, 2.75) is 57.6 Å². The molecular weight excluding hydrogens is 660 g/mol. The molecule has 2 aromatic heterocycles. The van der Waals surface area contributed by atoms with Gasteiger partial charge in [-0.05, 0) is 27.7 Å². The SMILES string of the molecule is CC(C)(CO)C(=O)SCCOP(=O)(OCCSC(=O)C(C)(C)CO)OCC1OC2(O)CC2(n2cnc3c(N)nc(F)nc32)C1O. The summed E-state index contributed by atoms with van der Waals surface area (Å²) in [6.07, 6.45) is -2.78. The summed E-state index contributed by atoms with van der Waals surface area (Å²) >= 11 is 1.71. The number of hydrogen-bond acceptors (Lipinski definition) is 17. The first-order chi connectivity index (χ1) is 20.9. The van der Waals surface area contributed by atoms with E-state index in [0.29, 0.717) is 0 Å². The lowest BCUT2D eigenvalue weighted by atomic mass is 9.97.